The van der Waals surface area contributed by atoms with Crippen molar-refractivity contribution in [1.29, 1.82) is 0 Å². The number of nitro benzene ring substituents is 1. The van der Waals surface area contributed by atoms with Crippen LogP contribution in [0.25, 0.3) is 0 Å². The molecule has 7 heteroatoms. The highest BCUT2D eigenvalue weighted by Gasteiger charge is 2.23. The average Bonchev–Trinajstić information content (AvgIpc) is 2.27. The number of hydrogen-bond donors (Lipinski definition) is 0. The van der Waals surface area contributed by atoms with E-state index in [4.69, 9.17) is 11.6 Å². The monoisotopic (exact) mass is 247 g/mol. The van der Waals surface area contributed by atoms with Gasteiger partial charge in [-0.1, -0.05) is 0 Å². The van der Waals surface area contributed by atoms with Crippen LogP contribution in [0.1, 0.15) is 15.9 Å². The summed E-state index contributed by atoms with van der Waals surface area (Å²) in [6, 6.07) is 1.68. The number of benzene rings is 1. The molecule has 0 heterocycles. The fourth-order valence-electron chi connectivity index (χ4n) is 1.13. The lowest BCUT2D eigenvalue weighted by Gasteiger charge is -2.04. The van der Waals surface area contributed by atoms with E-state index in [1.807, 2.05) is 0 Å². The van der Waals surface area contributed by atoms with Gasteiger partial charge in [-0.15, -0.1) is 11.6 Å². The Morgan fingerprint density at radius 1 is 1.62 bits per heavy atom. The number of esters is 1. The highest BCUT2D eigenvalue weighted by Crippen LogP contribution is 2.24. The first-order chi connectivity index (χ1) is 7.51. The molecular weight excluding hydrogens is 241 g/mol. The first kappa shape index (κ1) is 12.4. The lowest BCUT2D eigenvalue weighted by molar-refractivity contribution is -0.385. The first-order valence-electron chi connectivity index (χ1n) is 4.12. The van der Waals surface area contributed by atoms with E-state index in [2.05, 4.69) is 4.74 Å². The van der Waals surface area contributed by atoms with Gasteiger partial charge in [-0.25, -0.2) is 9.18 Å². The molecule has 5 nitrogen and oxygen atoms in total. The summed E-state index contributed by atoms with van der Waals surface area (Å²) in [4.78, 5) is 21.0. The Morgan fingerprint density at radius 3 is 2.69 bits per heavy atom. The number of nitrogens with zero attached hydrogens (tertiary/aromatic N) is 1. The highest BCUT2D eigenvalue weighted by molar-refractivity contribution is 6.17. The molecular formula is C9H7ClFNO4. The Morgan fingerprint density at radius 2 is 2.25 bits per heavy atom. The average molecular weight is 248 g/mol. The van der Waals surface area contributed by atoms with Crippen LogP contribution >= 0.6 is 11.6 Å². The number of ether oxygens (including phenoxy) is 1. The lowest BCUT2D eigenvalue weighted by Crippen LogP contribution is -2.07. The second kappa shape index (κ2) is 4.89. The van der Waals surface area contributed by atoms with Crippen molar-refractivity contribution in [2.75, 3.05) is 7.11 Å². The summed E-state index contributed by atoms with van der Waals surface area (Å²) >= 11 is 5.42. The number of nitro groups is 1. The van der Waals surface area contributed by atoms with Gasteiger partial charge in [0.2, 0.25) is 0 Å². The molecule has 0 saturated heterocycles. The molecule has 0 aromatic heterocycles. The molecule has 1 rings (SSSR count). The third kappa shape index (κ3) is 2.27. The van der Waals surface area contributed by atoms with Crippen LogP contribution in [0.2, 0.25) is 0 Å². The second-order valence-electron chi connectivity index (χ2n) is 2.84. The van der Waals surface area contributed by atoms with Crippen LogP contribution in [-0.4, -0.2) is 18.0 Å². The van der Waals surface area contributed by atoms with Crippen LogP contribution in [0, 0.1) is 15.9 Å². The van der Waals surface area contributed by atoms with Crippen molar-refractivity contribution in [2.24, 2.45) is 0 Å². The largest absolute Gasteiger partial charge is 0.465 e. The van der Waals surface area contributed by atoms with Gasteiger partial charge in [-0.2, -0.15) is 0 Å². The predicted octanol–water partition coefficient (Wildman–Crippen LogP) is 2.26. The summed E-state index contributed by atoms with van der Waals surface area (Å²) in [5.74, 6) is -1.92. The lowest BCUT2D eigenvalue weighted by atomic mass is 10.1. The van der Waals surface area contributed by atoms with E-state index < -0.39 is 22.4 Å². The molecule has 0 amide bonds. The fourth-order valence-corrected chi connectivity index (χ4v) is 1.34. The number of rotatable bonds is 3. The van der Waals surface area contributed by atoms with E-state index in [9.17, 15) is 19.3 Å². The number of methoxy groups -OCH3 is 1. The summed E-state index contributed by atoms with van der Waals surface area (Å²) in [6.07, 6.45) is 0. The minimum Gasteiger partial charge on any atom is -0.465 e. The first-order valence-corrected chi connectivity index (χ1v) is 4.65. The van der Waals surface area contributed by atoms with E-state index in [-0.39, 0.29) is 17.0 Å². The van der Waals surface area contributed by atoms with Gasteiger partial charge in [0.1, 0.15) is 11.4 Å². The molecule has 0 aliphatic heterocycles. The van der Waals surface area contributed by atoms with Gasteiger partial charge in [0, 0.05) is 5.56 Å². The van der Waals surface area contributed by atoms with Crippen LogP contribution in [0.3, 0.4) is 0 Å². The highest BCUT2D eigenvalue weighted by atomic mass is 35.5. The van der Waals surface area contributed by atoms with Crippen LogP contribution in [-0.2, 0) is 10.6 Å². The van der Waals surface area contributed by atoms with Crippen LogP contribution in [0.4, 0.5) is 10.1 Å². The molecule has 0 spiro atoms. The minimum absolute atomic E-state index is 0.00710. The van der Waals surface area contributed by atoms with Crippen molar-refractivity contribution < 1.29 is 18.8 Å². The molecule has 0 unspecified atom stereocenters. The Kier molecular flexibility index (Phi) is 3.78. The van der Waals surface area contributed by atoms with Gasteiger partial charge in [0.15, 0.2) is 0 Å². The van der Waals surface area contributed by atoms with Crippen molar-refractivity contribution >= 4 is 23.3 Å². The van der Waals surface area contributed by atoms with E-state index in [0.29, 0.717) is 6.07 Å². The Labute approximate surface area is 94.9 Å². The second-order valence-corrected chi connectivity index (χ2v) is 3.11. The quantitative estimate of drug-likeness (QED) is 0.356. The molecule has 1 aromatic rings. The maximum atomic E-state index is 13.2. The third-order valence-corrected chi connectivity index (χ3v) is 2.20. The van der Waals surface area contributed by atoms with Crippen molar-refractivity contribution in [1.82, 2.24) is 0 Å². The number of hydrogen-bond acceptors (Lipinski definition) is 4. The Bertz CT molecular complexity index is 449. The van der Waals surface area contributed by atoms with Gasteiger partial charge < -0.3 is 4.74 Å². The van der Waals surface area contributed by atoms with Gasteiger partial charge in [-0.3, -0.25) is 10.1 Å². The molecule has 0 saturated carbocycles. The van der Waals surface area contributed by atoms with Crippen LogP contribution < -0.4 is 0 Å². The van der Waals surface area contributed by atoms with Crippen LogP contribution in [0.5, 0.6) is 0 Å². The van der Waals surface area contributed by atoms with E-state index in [1.54, 1.807) is 0 Å². The number of carbonyl (C=O) groups excluding carboxylic acids is 1. The fraction of sp³-hybridized carbons (Fsp3) is 0.222. The Balaban J connectivity index is 3.42. The Hall–Kier alpha value is -1.69. The van der Waals surface area contributed by atoms with Gasteiger partial charge in [0.05, 0.1) is 24.0 Å². The summed E-state index contributed by atoms with van der Waals surface area (Å²) in [7, 11) is 1.08. The van der Waals surface area contributed by atoms with Gasteiger partial charge >= 0.3 is 5.97 Å². The van der Waals surface area contributed by atoms with Crippen LogP contribution in [0.15, 0.2) is 12.1 Å². The summed E-state index contributed by atoms with van der Waals surface area (Å²) < 4.78 is 17.6. The number of alkyl halides is 1. The molecule has 0 aliphatic rings. The molecule has 1 aromatic carbocycles. The zero-order valence-corrected chi connectivity index (χ0v) is 8.95. The normalized spacial score (nSPS) is 9.94. The van der Waals surface area contributed by atoms with Crippen molar-refractivity contribution in [3.63, 3.8) is 0 Å². The molecule has 16 heavy (non-hydrogen) atoms. The molecule has 0 radical (unpaired) electrons. The molecule has 86 valence electrons. The zero-order chi connectivity index (χ0) is 12.3. The van der Waals surface area contributed by atoms with Crippen molar-refractivity contribution in [2.45, 2.75) is 5.88 Å². The smallest absolute Gasteiger partial charge is 0.344 e. The van der Waals surface area contributed by atoms with E-state index in [1.165, 1.54) is 0 Å². The summed E-state index contributed by atoms with van der Waals surface area (Å²) in [5, 5.41) is 10.6. The summed E-state index contributed by atoms with van der Waals surface area (Å²) in [5.41, 5.74) is -0.949. The molecule has 0 atom stereocenters. The molecule has 0 fully saturated rings. The zero-order valence-electron chi connectivity index (χ0n) is 8.20. The minimum atomic E-state index is -0.905. The van der Waals surface area contributed by atoms with Gasteiger partial charge in [-0.05, 0) is 6.07 Å². The molecule has 0 N–H and O–H groups in total. The number of halogens is 2. The SMILES string of the molecule is COC(=O)c1cc(CCl)c(F)cc1[N+](=O)[O-]. The number of carbonyl (C=O) groups is 1. The van der Waals surface area contributed by atoms with Gasteiger partial charge in [0.25, 0.3) is 5.69 Å². The maximum absolute atomic E-state index is 13.2. The van der Waals surface area contributed by atoms with E-state index >= 15 is 0 Å². The predicted molar refractivity (Wildman–Crippen MR) is 54.0 cm³/mol. The standard InChI is InChI=1S/C9H7ClFNO4/c1-16-9(13)6-2-5(4-10)7(11)3-8(6)12(14)15/h2-3H,4H2,1H3. The van der Waals surface area contributed by atoms with Crippen molar-refractivity contribution in [3.05, 3.63) is 39.2 Å². The maximum Gasteiger partial charge on any atom is 0.344 e. The molecule has 0 bridgehead atoms. The molecule has 0 aliphatic carbocycles. The van der Waals surface area contributed by atoms with Crippen molar-refractivity contribution in [3.8, 4) is 0 Å². The van der Waals surface area contributed by atoms with E-state index in [0.717, 1.165) is 13.2 Å². The topological polar surface area (TPSA) is 69.4 Å². The summed E-state index contributed by atoms with van der Waals surface area (Å²) in [6.45, 7) is 0. The third-order valence-electron chi connectivity index (χ3n) is 1.91.